The Bertz CT molecular complexity index is 1060. The fourth-order valence-corrected chi connectivity index (χ4v) is 3.67. The number of hydrogen-bond donors (Lipinski definition) is 1. The monoisotopic (exact) mass is 412 g/mol. The number of nitrogens with one attached hydrogen (secondary N) is 1. The second kappa shape index (κ2) is 8.34. The highest BCUT2D eigenvalue weighted by Crippen LogP contribution is 2.34. The average molecular weight is 412 g/mol. The van der Waals surface area contributed by atoms with Gasteiger partial charge in [-0.25, -0.2) is 14.4 Å². The van der Waals surface area contributed by atoms with Gasteiger partial charge in [-0.2, -0.15) is 4.36 Å². The maximum absolute atomic E-state index is 13.9. The topological polar surface area (TPSA) is 68.6 Å². The van der Waals surface area contributed by atoms with Crippen LogP contribution in [0.3, 0.4) is 0 Å². The average Bonchev–Trinajstić information content (AvgIpc) is 3.25. The molecule has 4 rings (SSSR count). The molecule has 1 aromatic heterocycles. The summed E-state index contributed by atoms with van der Waals surface area (Å²) in [7, 11) is 0. The number of halogens is 1. The predicted octanol–water partition coefficient (Wildman–Crippen LogP) is 4.99. The third-order valence-electron chi connectivity index (χ3n) is 5.16. The predicted molar refractivity (Wildman–Crippen MR) is 112 cm³/mol. The fourth-order valence-electron chi connectivity index (χ4n) is 3.56. The molecule has 3 aromatic rings. The van der Waals surface area contributed by atoms with E-state index < -0.39 is 0 Å². The maximum atomic E-state index is 13.9. The number of rotatable bonds is 6. The van der Waals surface area contributed by atoms with Crippen LogP contribution in [0.5, 0.6) is 5.75 Å². The molecular formula is C21H21FN4O2S. The SMILES string of the molecule is Cc1cc(N=S)cc2ncnc(Nc3ccc(F)cc3OC(C)C3CCOC3)c12. The maximum Gasteiger partial charge on any atom is 0.146 e. The minimum atomic E-state index is -0.360. The molecule has 1 aliphatic rings. The summed E-state index contributed by atoms with van der Waals surface area (Å²) in [6.45, 7) is 5.33. The number of ether oxygens (including phenoxy) is 2. The standard InChI is InChI=1S/C21H21FN4O2S/c1-12-7-16(26-29)9-18-20(12)21(24-11-23-18)25-17-4-3-15(22)8-19(17)28-13(2)14-5-6-27-10-14/h3-4,7-9,11,13-14H,5-6,10H2,1-2H3,(H,23,24,25). The number of aromatic nitrogens is 2. The minimum Gasteiger partial charge on any atom is -0.488 e. The lowest BCUT2D eigenvalue weighted by atomic mass is 10.0. The number of benzene rings is 2. The third-order valence-corrected chi connectivity index (χ3v) is 5.37. The molecule has 6 nitrogen and oxygen atoms in total. The number of fused-ring (bicyclic) bond motifs is 1. The Labute approximate surface area is 173 Å². The van der Waals surface area contributed by atoms with E-state index >= 15 is 0 Å². The molecule has 29 heavy (non-hydrogen) atoms. The van der Waals surface area contributed by atoms with Gasteiger partial charge in [0.05, 0.1) is 23.5 Å². The molecule has 0 radical (unpaired) electrons. The van der Waals surface area contributed by atoms with Gasteiger partial charge < -0.3 is 14.8 Å². The minimum absolute atomic E-state index is 0.0973. The Hall–Kier alpha value is -2.71. The summed E-state index contributed by atoms with van der Waals surface area (Å²) in [5.41, 5.74) is 2.98. The van der Waals surface area contributed by atoms with Crippen LogP contribution >= 0.6 is 0 Å². The first-order chi connectivity index (χ1) is 14.0. The van der Waals surface area contributed by atoms with Crippen molar-refractivity contribution in [3.05, 3.63) is 48.0 Å². The van der Waals surface area contributed by atoms with Crippen molar-refractivity contribution in [3.8, 4) is 5.75 Å². The molecule has 1 N–H and O–H groups in total. The summed E-state index contributed by atoms with van der Waals surface area (Å²) >= 11 is 4.80. The van der Waals surface area contributed by atoms with E-state index in [9.17, 15) is 4.39 Å². The van der Waals surface area contributed by atoms with Gasteiger partial charge in [0.15, 0.2) is 0 Å². The Morgan fingerprint density at radius 1 is 1.31 bits per heavy atom. The molecule has 150 valence electrons. The van der Waals surface area contributed by atoms with Crippen LogP contribution in [-0.4, -0.2) is 29.3 Å². The molecule has 1 saturated heterocycles. The van der Waals surface area contributed by atoms with Gasteiger partial charge in [0.1, 0.15) is 29.8 Å². The van der Waals surface area contributed by atoms with Crippen LogP contribution in [0.4, 0.5) is 21.6 Å². The van der Waals surface area contributed by atoms with Crippen LogP contribution in [0.2, 0.25) is 0 Å². The zero-order valence-corrected chi connectivity index (χ0v) is 17.0. The van der Waals surface area contributed by atoms with Crippen molar-refractivity contribution in [2.45, 2.75) is 26.4 Å². The molecule has 1 fully saturated rings. The summed E-state index contributed by atoms with van der Waals surface area (Å²) in [5.74, 6) is 0.970. The van der Waals surface area contributed by atoms with Crippen molar-refractivity contribution >= 4 is 40.5 Å². The fraction of sp³-hybridized carbons (Fsp3) is 0.333. The zero-order chi connectivity index (χ0) is 20.4. The van der Waals surface area contributed by atoms with Gasteiger partial charge in [0, 0.05) is 36.4 Å². The van der Waals surface area contributed by atoms with Gasteiger partial charge in [-0.05, 0) is 50.1 Å². The summed E-state index contributed by atoms with van der Waals surface area (Å²) in [6.07, 6.45) is 2.31. The molecule has 0 spiro atoms. The van der Waals surface area contributed by atoms with Crippen molar-refractivity contribution in [1.82, 2.24) is 9.97 Å². The molecular weight excluding hydrogens is 391 g/mol. The highest BCUT2D eigenvalue weighted by atomic mass is 32.1. The first kappa shape index (κ1) is 19.6. The third kappa shape index (κ3) is 4.18. The van der Waals surface area contributed by atoms with E-state index in [1.807, 2.05) is 26.0 Å². The molecule has 8 heteroatoms. The zero-order valence-electron chi connectivity index (χ0n) is 16.2. The number of hydrogen-bond acceptors (Lipinski definition) is 7. The Kier molecular flexibility index (Phi) is 5.64. The second-order valence-electron chi connectivity index (χ2n) is 7.18. The van der Waals surface area contributed by atoms with Crippen molar-refractivity contribution < 1.29 is 13.9 Å². The summed E-state index contributed by atoms with van der Waals surface area (Å²) in [4.78, 5) is 8.72. The second-order valence-corrected chi connectivity index (χ2v) is 7.37. The number of anilines is 2. The first-order valence-electron chi connectivity index (χ1n) is 9.45. The van der Waals surface area contributed by atoms with E-state index in [4.69, 9.17) is 21.9 Å². The molecule has 2 atom stereocenters. The van der Waals surface area contributed by atoms with E-state index in [0.29, 0.717) is 29.5 Å². The molecule has 0 amide bonds. The van der Waals surface area contributed by atoms with Gasteiger partial charge in [0.25, 0.3) is 0 Å². The lowest BCUT2D eigenvalue weighted by Crippen LogP contribution is -2.24. The van der Waals surface area contributed by atoms with E-state index in [1.165, 1.54) is 18.5 Å². The largest absolute Gasteiger partial charge is 0.488 e. The molecule has 1 aliphatic heterocycles. The van der Waals surface area contributed by atoms with Gasteiger partial charge in [0.2, 0.25) is 0 Å². The first-order valence-corrected chi connectivity index (χ1v) is 9.81. The van der Waals surface area contributed by atoms with E-state index in [2.05, 4.69) is 19.6 Å². The molecule has 0 aliphatic carbocycles. The molecule has 0 saturated carbocycles. The smallest absolute Gasteiger partial charge is 0.146 e. The van der Waals surface area contributed by atoms with Crippen LogP contribution < -0.4 is 10.1 Å². The number of aryl methyl sites for hydroxylation is 1. The van der Waals surface area contributed by atoms with Gasteiger partial charge >= 0.3 is 0 Å². The van der Waals surface area contributed by atoms with Crippen molar-refractivity contribution in [2.24, 2.45) is 10.3 Å². The molecule has 2 aromatic carbocycles. The van der Waals surface area contributed by atoms with Crippen LogP contribution in [-0.2, 0) is 17.2 Å². The Morgan fingerprint density at radius 3 is 2.93 bits per heavy atom. The molecule has 2 unspecified atom stereocenters. The van der Waals surface area contributed by atoms with Crippen LogP contribution in [0.1, 0.15) is 18.9 Å². The van der Waals surface area contributed by atoms with Crippen LogP contribution in [0, 0.1) is 18.7 Å². The van der Waals surface area contributed by atoms with Crippen molar-refractivity contribution in [2.75, 3.05) is 18.5 Å². The molecule has 0 bridgehead atoms. The Morgan fingerprint density at radius 2 is 2.17 bits per heavy atom. The molecule has 2 heterocycles. The van der Waals surface area contributed by atoms with Crippen molar-refractivity contribution in [1.29, 1.82) is 0 Å². The van der Waals surface area contributed by atoms with Gasteiger partial charge in [-0.15, -0.1) is 0 Å². The highest BCUT2D eigenvalue weighted by Gasteiger charge is 2.24. The van der Waals surface area contributed by atoms with Gasteiger partial charge in [-0.3, -0.25) is 0 Å². The summed E-state index contributed by atoms with van der Waals surface area (Å²) < 4.78 is 29.3. The summed E-state index contributed by atoms with van der Waals surface area (Å²) in [6, 6.07) is 8.13. The quantitative estimate of drug-likeness (QED) is 0.615. The highest BCUT2D eigenvalue weighted by molar-refractivity contribution is 7.47. The lowest BCUT2D eigenvalue weighted by molar-refractivity contribution is 0.123. The van der Waals surface area contributed by atoms with Crippen LogP contribution in [0.15, 0.2) is 41.0 Å². The van der Waals surface area contributed by atoms with Crippen LogP contribution in [0.25, 0.3) is 10.9 Å². The van der Waals surface area contributed by atoms with Gasteiger partial charge in [-0.1, -0.05) is 0 Å². The summed E-state index contributed by atoms with van der Waals surface area (Å²) in [5, 5.41) is 4.14. The number of nitrogens with zero attached hydrogens (tertiary/aromatic N) is 3. The normalized spacial score (nSPS) is 17.3. The van der Waals surface area contributed by atoms with E-state index in [1.54, 1.807) is 6.07 Å². The lowest BCUT2D eigenvalue weighted by Gasteiger charge is -2.22. The Balaban J connectivity index is 1.68. The van der Waals surface area contributed by atoms with E-state index in [-0.39, 0.29) is 17.8 Å². The van der Waals surface area contributed by atoms with E-state index in [0.717, 1.165) is 29.5 Å². The van der Waals surface area contributed by atoms with Crippen molar-refractivity contribution in [3.63, 3.8) is 0 Å².